The van der Waals surface area contributed by atoms with Crippen LogP contribution in [-0.2, 0) is 4.79 Å². The number of piperidine rings is 1. The number of rotatable bonds is 3. The fourth-order valence-electron chi connectivity index (χ4n) is 3.02. The molecule has 1 aliphatic rings. The van der Waals surface area contributed by atoms with Crippen LogP contribution in [0, 0.1) is 6.92 Å². The van der Waals surface area contributed by atoms with Crippen LogP contribution in [0.4, 0.5) is 0 Å². The Bertz CT molecular complexity index is 775. The van der Waals surface area contributed by atoms with E-state index in [1.807, 2.05) is 4.90 Å². The van der Waals surface area contributed by atoms with Crippen molar-refractivity contribution in [1.82, 2.24) is 29.7 Å². The molecule has 2 aromatic heterocycles. The molecule has 2 atom stereocenters. The molecule has 1 fully saturated rings. The average molecular weight is 336 g/mol. The molecule has 0 spiro atoms. The number of nitrogens with one attached hydrogen (secondary N) is 1. The van der Waals surface area contributed by atoms with Crippen LogP contribution in [0.15, 0.2) is 9.95 Å². The Morgan fingerprint density at radius 1 is 1.30 bits per heavy atom. The van der Waals surface area contributed by atoms with Gasteiger partial charge >= 0.3 is 0 Å². The Balaban J connectivity index is 1.74. The van der Waals surface area contributed by atoms with E-state index in [9.17, 15) is 9.59 Å². The fraction of sp³-hybridized carbons (Fsp3) is 0.643. The maximum Gasteiger partial charge on any atom is 0.273 e. The zero-order chi connectivity index (χ0) is 16.6. The third kappa shape index (κ3) is 3.10. The summed E-state index contributed by atoms with van der Waals surface area (Å²) in [5, 5.41) is 12.6. The summed E-state index contributed by atoms with van der Waals surface area (Å²) in [4.78, 5) is 28.6. The highest BCUT2D eigenvalue weighted by Crippen LogP contribution is 2.24. The van der Waals surface area contributed by atoms with Crippen molar-refractivity contribution in [3.8, 4) is 0 Å². The zero-order valence-electron chi connectivity index (χ0n) is 13.4. The number of nitrogens with zero attached hydrogens (tertiary/aromatic N) is 5. The van der Waals surface area contributed by atoms with Gasteiger partial charge in [-0.2, -0.15) is 9.61 Å². The number of hydrogen-bond acceptors (Lipinski definition) is 6. The number of aryl methyl sites for hydroxylation is 1. The number of H-pyrrole nitrogens is 1. The summed E-state index contributed by atoms with van der Waals surface area (Å²) in [5.41, 5.74) is 0.0530. The molecule has 0 radical (unpaired) electrons. The molecule has 2 unspecified atom stereocenters. The van der Waals surface area contributed by atoms with Gasteiger partial charge in [0.2, 0.25) is 11.1 Å². The topological polar surface area (TPSA) is 96.2 Å². The number of likely N-dealkylation sites (tertiary alicyclic amines) is 1. The minimum absolute atomic E-state index is 0.104. The van der Waals surface area contributed by atoms with Crippen LogP contribution in [0.3, 0.4) is 0 Å². The summed E-state index contributed by atoms with van der Waals surface area (Å²) in [5.74, 6) is 0.679. The second-order valence-electron chi connectivity index (χ2n) is 5.98. The van der Waals surface area contributed by atoms with Gasteiger partial charge in [0, 0.05) is 12.1 Å². The molecule has 2 aromatic rings. The predicted octanol–water partition coefficient (Wildman–Crippen LogP) is 1.00. The Labute approximate surface area is 137 Å². The first-order valence-electron chi connectivity index (χ1n) is 7.73. The normalized spacial score (nSPS) is 21.8. The van der Waals surface area contributed by atoms with Gasteiger partial charge in [-0.25, -0.2) is 0 Å². The number of amides is 1. The lowest BCUT2D eigenvalue weighted by Crippen LogP contribution is -2.48. The molecule has 0 aliphatic carbocycles. The number of fused-ring (bicyclic) bond motifs is 1. The first-order chi connectivity index (χ1) is 11.0. The van der Waals surface area contributed by atoms with E-state index in [0.717, 1.165) is 12.8 Å². The van der Waals surface area contributed by atoms with Crippen molar-refractivity contribution >= 4 is 23.4 Å². The molecule has 1 aliphatic heterocycles. The van der Waals surface area contributed by atoms with Crippen molar-refractivity contribution < 1.29 is 4.79 Å². The van der Waals surface area contributed by atoms with Crippen molar-refractivity contribution in [2.75, 3.05) is 5.75 Å². The van der Waals surface area contributed by atoms with E-state index >= 15 is 0 Å². The zero-order valence-corrected chi connectivity index (χ0v) is 14.3. The number of carbonyl (C=O) groups is 1. The molecule has 9 heteroatoms. The van der Waals surface area contributed by atoms with Gasteiger partial charge in [0.05, 0.1) is 5.75 Å². The summed E-state index contributed by atoms with van der Waals surface area (Å²) >= 11 is 1.29. The number of hydrogen-bond donors (Lipinski definition) is 1. The third-order valence-corrected chi connectivity index (χ3v) is 5.13. The minimum atomic E-state index is -0.284. The summed E-state index contributed by atoms with van der Waals surface area (Å²) in [6.45, 7) is 5.82. The summed E-state index contributed by atoms with van der Waals surface area (Å²) in [6, 6.07) is 0.553. The molecule has 3 heterocycles. The van der Waals surface area contributed by atoms with Crippen molar-refractivity contribution in [3.63, 3.8) is 0 Å². The van der Waals surface area contributed by atoms with E-state index in [2.05, 4.69) is 34.1 Å². The average Bonchev–Trinajstić information content (AvgIpc) is 2.87. The largest absolute Gasteiger partial charge is 0.337 e. The molecule has 0 saturated carbocycles. The SMILES string of the molecule is Cc1nn2c(SCC(=O)N3C(C)CCCC3C)nnc2[nH]c1=O. The molecule has 124 valence electrons. The van der Waals surface area contributed by atoms with Crippen molar-refractivity contribution in [2.24, 2.45) is 0 Å². The molecule has 1 amide bonds. The van der Waals surface area contributed by atoms with Crippen LogP contribution in [-0.4, -0.2) is 53.4 Å². The monoisotopic (exact) mass is 336 g/mol. The van der Waals surface area contributed by atoms with Crippen LogP contribution in [0.25, 0.3) is 5.78 Å². The van der Waals surface area contributed by atoms with Gasteiger partial charge in [-0.05, 0) is 40.0 Å². The second kappa shape index (κ2) is 6.31. The summed E-state index contributed by atoms with van der Waals surface area (Å²) in [7, 11) is 0. The molecule has 3 rings (SSSR count). The molecular formula is C14H20N6O2S. The van der Waals surface area contributed by atoms with Crippen LogP contribution >= 0.6 is 11.8 Å². The van der Waals surface area contributed by atoms with Crippen LogP contribution in [0.2, 0.25) is 0 Å². The molecule has 1 N–H and O–H groups in total. The number of aromatic nitrogens is 5. The maximum absolute atomic E-state index is 12.5. The highest BCUT2D eigenvalue weighted by molar-refractivity contribution is 7.99. The molecule has 8 nitrogen and oxygen atoms in total. The Morgan fingerprint density at radius 3 is 2.70 bits per heavy atom. The van der Waals surface area contributed by atoms with E-state index < -0.39 is 0 Å². The number of aromatic amines is 1. The summed E-state index contributed by atoms with van der Waals surface area (Å²) in [6.07, 6.45) is 3.28. The van der Waals surface area contributed by atoms with Crippen molar-refractivity contribution in [3.05, 3.63) is 16.0 Å². The third-order valence-electron chi connectivity index (χ3n) is 4.22. The maximum atomic E-state index is 12.5. The van der Waals surface area contributed by atoms with E-state index in [1.54, 1.807) is 6.92 Å². The van der Waals surface area contributed by atoms with Gasteiger partial charge in [0.15, 0.2) is 0 Å². The quantitative estimate of drug-likeness (QED) is 0.840. The van der Waals surface area contributed by atoms with Gasteiger partial charge in [0.1, 0.15) is 5.69 Å². The van der Waals surface area contributed by atoms with Crippen molar-refractivity contribution in [2.45, 2.75) is 57.3 Å². The predicted molar refractivity (Wildman–Crippen MR) is 86.5 cm³/mol. The molecule has 0 bridgehead atoms. The molecule has 23 heavy (non-hydrogen) atoms. The van der Waals surface area contributed by atoms with Gasteiger partial charge in [-0.3, -0.25) is 14.6 Å². The van der Waals surface area contributed by atoms with Gasteiger partial charge in [-0.1, -0.05) is 11.8 Å². The number of carbonyl (C=O) groups excluding carboxylic acids is 1. The Kier molecular flexibility index (Phi) is 4.38. The van der Waals surface area contributed by atoms with Crippen molar-refractivity contribution in [1.29, 1.82) is 0 Å². The van der Waals surface area contributed by atoms with E-state index in [1.165, 1.54) is 22.7 Å². The lowest BCUT2D eigenvalue weighted by atomic mass is 9.98. The Hall–Kier alpha value is -1.90. The number of thioether (sulfide) groups is 1. The highest BCUT2D eigenvalue weighted by Gasteiger charge is 2.29. The van der Waals surface area contributed by atoms with Crippen LogP contribution < -0.4 is 5.56 Å². The molecule has 1 saturated heterocycles. The van der Waals surface area contributed by atoms with E-state index in [-0.39, 0.29) is 35.1 Å². The van der Waals surface area contributed by atoms with Gasteiger partial charge < -0.3 is 4.90 Å². The van der Waals surface area contributed by atoms with Gasteiger partial charge in [-0.15, -0.1) is 10.2 Å². The standard InChI is InChI=1S/C14H20N6O2S/c1-8-5-4-6-9(2)19(8)11(21)7-23-14-17-16-13-15-12(22)10(3)18-20(13)14/h8-9H,4-7H2,1-3H3,(H,15,16,22). The first kappa shape index (κ1) is 16.0. The lowest BCUT2D eigenvalue weighted by molar-refractivity contribution is -0.134. The van der Waals surface area contributed by atoms with E-state index in [0.29, 0.717) is 10.9 Å². The highest BCUT2D eigenvalue weighted by atomic mass is 32.2. The first-order valence-corrected chi connectivity index (χ1v) is 8.72. The smallest absolute Gasteiger partial charge is 0.273 e. The van der Waals surface area contributed by atoms with Crippen LogP contribution in [0.1, 0.15) is 38.8 Å². The van der Waals surface area contributed by atoms with Crippen LogP contribution in [0.5, 0.6) is 0 Å². The second-order valence-corrected chi connectivity index (χ2v) is 6.92. The fourth-order valence-corrected chi connectivity index (χ4v) is 3.77. The van der Waals surface area contributed by atoms with E-state index in [4.69, 9.17) is 0 Å². The minimum Gasteiger partial charge on any atom is -0.337 e. The Morgan fingerprint density at radius 2 is 2.00 bits per heavy atom. The molecule has 0 aromatic carbocycles. The lowest BCUT2D eigenvalue weighted by Gasteiger charge is -2.39. The van der Waals surface area contributed by atoms with Gasteiger partial charge in [0.25, 0.3) is 11.3 Å². The summed E-state index contributed by atoms with van der Waals surface area (Å²) < 4.78 is 1.47. The molecular weight excluding hydrogens is 316 g/mol.